The van der Waals surface area contributed by atoms with E-state index in [0.29, 0.717) is 18.1 Å². The maximum Gasteiger partial charge on any atom is 0.338 e. The second kappa shape index (κ2) is 10.5. The Morgan fingerprint density at radius 3 is 2.54 bits per heavy atom. The van der Waals surface area contributed by atoms with Gasteiger partial charge in [0.1, 0.15) is 5.82 Å². The molecule has 0 aliphatic rings. The Bertz CT molecular complexity index is 826. The van der Waals surface area contributed by atoms with Gasteiger partial charge in [-0.2, -0.15) is 0 Å². The summed E-state index contributed by atoms with van der Waals surface area (Å²) < 4.78 is 28.6. The van der Waals surface area contributed by atoms with Crippen LogP contribution in [-0.2, 0) is 16.1 Å². The molecular weight excluding hydrogens is 389 g/mol. The highest BCUT2D eigenvalue weighted by Crippen LogP contribution is 2.36. The van der Waals surface area contributed by atoms with Crippen molar-refractivity contribution in [2.75, 3.05) is 20.3 Å². The van der Waals surface area contributed by atoms with E-state index in [1.807, 2.05) is 6.92 Å². The highest BCUT2D eigenvalue weighted by atomic mass is 35.5. The van der Waals surface area contributed by atoms with E-state index in [4.69, 9.17) is 25.8 Å². The van der Waals surface area contributed by atoms with Gasteiger partial charge in [-0.05, 0) is 36.2 Å². The minimum Gasteiger partial charge on any atom is -0.493 e. The van der Waals surface area contributed by atoms with Crippen molar-refractivity contribution in [1.29, 1.82) is 0 Å². The van der Waals surface area contributed by atoms with E-state index in [9.17, 15) is 14.0 Å². The smallest absolute Gasteiger partial charge is 0.338 e. The summed E-state index contributed by atoms with van der Waals surface area (Å²) in [4.78, 5) is 24.1. The maximum atomic E-state index is 12.9. The lowest BCUT2D eigenvalue weighted by Gasteiger charge is -2.13. The van der Waals surface area contributed by atoms with Crippen LogP contribution in [0.5, 0.6) is 11.5 Å². The van der Waals surface area contributed by atoms with Crippen molar-refractivity contribution in [1.82, 2.24) is 5.32 Å². The number of amides is 1. The molecule has 1 N–H and O–H groups in total. The van der Waals surface area contributed by atoms with Crippen LogP contribution < -0.4 is 14.8 Å². The predicted molar refractivity (Wildman–Crippen MR) is 102 cm³/mol. The molecule has 0 saturated carbocycles. The lowest BCUT2D eigenvalue weighted by molar-refractivity contribution is -0.124. The SMILES string of the molecule is CCCOc1c(Cl)cc(C(=O)OCC(=O)NCc2ccc(F)cc2)cc1OC. The zero-order chi connectivity index (χ0) is 20.5. The third kappa shape index (κ3) is 6.13. The molecular formula is C20H21ClFNO5. The molecule has 0 radical (unpaired) electrons. The highest BCUT2D eigenvalue weighted by molar-refractivity contribution is 6.32. The van der Waals surface area contributed by atoms with E-state index in [1.165, 1.54) is 31.4 Å². The zero-order valence-corrected chi connectivity index (χ0v) is 16.3. The molecule has 0 heterocycles. The Labute approximate surface area is 167 Å². The normalized spacial score (nSPS) is 10.3. The first kappa shape index (κ1) is 21.5. The van der Waals surface area contributed by atoms with Crippen molar-refractivity contribution >= 4 is 23.5 Å². The summed E-state index contributed by atoms with van der Waals surface area (Å²) in [7, 11) is 1.43. The molecule has 2 rings (SSSR count). The van der Waals surface area contributed by atoms with E-state index >= 15 is 0 Å². The van der Waals surface area contributed by atoms with Crippen LogP contribution in [0.1, 0.15) is 29.3 Å². The van der Waals surface area contributed by atoms with E-state index in [-0.39, 0.29) is 22.9 Å². The molecule has 8 heteroatoms. The molecule has 0 aliphatic carbocycles. The number of benzene rings is 2. The molecule has 1 amide bonds. The quantitative estimate of drug-likeness (QED) is 0.638. The van der Waals surface area contributed by atoms with Crippen LogP contribution in [0, 0.1) is 5.82 Å². The fourth-order valence-electron chi connectivity index (χ4n) is 2.25. The molecule has 0 atom stereocenters. The number of methoxy groups -OCH3 is 1. The van der Waals surface area contributed by atoms with Gasteiger partial charge in [0.2, 0.25) is 0 Å². The van der Waals surface area contributed by atoms with E-state index in [0.717, 1.165) is 12.0 Å². The fourth-order valence-corrected chi connectivity index (χ4v) is 2.52. The molecule has 150 valence electrons. The van der Waals surface area contributed by atoms with Gasteiger partial charge in [-0.1, -0.05) is 30.7 Å². The standard InChI is InChI=1S/C20H21ClFNO5/c1-3-8-27-19-16(21)9-14(10-17(19)26-2)20(25)28-12-18(24)23-11-13-4-6-15(22)7-5-13/h4-7,9-10H,3,8,11-12H2,1-2H3,(H,23,24). The van der Waals surface area contributed by atoms with Gasteiger partial charge in [-0.25, -0.2) is 9.18 Å². The lowest BCUT2D eigenvalue weighted by atomic mass is 10.2. The Balaban J connectivity index is 1.92. The highest BCUT2D eigenvalue weighted by Gasteiger charge is 2.17. The van der Waals surface area contributed by atoms with Crippen LogP contribution in [0.2, 0.25) is 5.02 Å². The summed E-state index contributed by atoms with van der Waals surface area (Å²) in [6.45, 7) is 2.13. The molecule has 0 aromatic heterocycles. The van der Waals surface area contributed by atoms with Crippen molar-refractivity contribution in [3.8, 4) is 11.5 Å². The van der Waals surface area contributed by atoms with Gasteiger partial charge in [0, 0.05) is 6.54 Å². The molecule has 0 aliphatic heterocycles. The zero-order valence-electron chi connectivity index (χ0n) is 15.6. The molecule has 0 unspecified atom stereocenters. The minimum atomic E-state index is -0.723. The van der Waals surface area contributed by atoms with Crippen LogP contribution in [0.15, 0.2) is 36.4 Å². The van der Waals surface area contributed by atoms with Crippen molar-refractivity contribution in [3.63, 3.8) is 0 Å². The van der Waals surface area contributed by atoms with Crippen LogP contribution in [0.3, 0.4) is 0 Å². The number of rotatable bonds is 9. The average Bonchev–Trinajstić information content (AvgIpc) is 2.70. The number of esters is 1. The van der Waals surface area contributed by atoms with Gasteiger partial charge < -0.3 is 19.5 Å². The fraction of sp³-hybridized carbons (Fsp3) is 0.300. The third-order valence-corrected chi connectivity index (χ3v) is 3.93. The Kier molecular flexibility index (Phi) is 8.07. The lowest BCUT2D eigenvalue weighted by Crippen LogP contribution is -2.28. The maximum absolute atomic E-state index is 12.9. The second-order valence-electron chi connectivity index (χ2n) is 5.82. The van der Waals surface area contributed by atoms with Crippen molar-refractivity contribution in [2.45, 2.75) is 19.9 Å². The van der Waals surface area contributed by atoms with E-state index in [1.54, 1.807) is 12.1 Å². The number of ether oxygens (including phenoxy) is 3. The Morgan fingerprint density at radius 2 is 1.89 bits per heavy atom. The molecule has 0 spiro atoms. The van der Waals surface area contributed by atoms with Gasteiger partial charge >= 0.3 is 5.97 Å². The summed E-state index contributed by atoms with van der Waals surface area (Å²) >= 11 is 6.17. The van der Waals surface area contributed by atoms with E-state index < -0.39 is 18.5 Å². The monoisotopic (exact) mass is 409 g/mol. The molecule has 2 aromatic rings. The Hall–Kier alpha value is -2.80. The van der Waals surface area contributed by atoms with Crippen molar-refractivity contribution in [2.24, 2.45) is 0 Å². The first-order chi connectivity index (χ1) is 13.4. The van der Waals surface area contributed by atoms with Crippen LogP contribution in [0.4, 0.5) is 4.39 Å². The third-order valence-electron chi connectivity index (χ3n) is 3.65. The first-order valence-electron chi connectivity index (χ1n) is 8.63. The van der Waals surface area contributed by atoms with Crippen molar-refractivity contribution in [3.05, 3.63) is 58.4 Å². The summed E-state index contributed by atoms with van der Waals surface area (Å²) in [5, 5.41) is 2.79. The number of carbonyl (C=O) groups is 2. The second-order valence-corrected chi connectivity index (χ2v) is 6.22. The molecule has 28 heavy (non-hydrogen) atoms. The minimum absolute atomic E-state index is 0.136. The summed E-state index contributed by atoms with van der Waals surface area (Å²) in [5.74, 6) is -0.921. The van der Waals surface area contributed by atoms with Crippen LogP contribution in [-0.4, -0.2) is 32.2 Å². The van der Waals surface area contributed by atoms with Gasteiger partial charge in [0.25, 0.3) is 5.91 Å². The number of nitrogens with one attached hydrogen (secondary N) is 1. The summed E-state index contributed by atoms with van der Waals surface area (Å²) in [6.07, 6.45) is 0.788. The molecule has 0 bridgehead atoms. The molecule has 0 fully saturated rings. The van der Waals surface area contributed by atoms with Gasteiger partial charge in [-0.3, -0.25) is 4.79 Å². The van der Waals surface area contributed by atoms with Crippen LogP contribution >= 0.6 is 11.6 Å². The molecule has 2 aromatic carbocycles. The summed E-state index contributed by atoms with van der Waals surface area (Å²) in [5.41, 5.74) is 0.859. The summed E-state index contributed by atoms with van der Waals surface area (Å²) in [6, 6.07) is 8.54. The first-order valence-corrected chi connectivity index (χ1v) is 9.01. The number of hydrogen-bond donors (Lipinski definition) is 1. The number of halogens is 2. The number of hydrogen-bond acceptors (Lipinski definition) is 5. The predicted octanol–water partition coefficient (Wildman–Crippen LogP) is 3.75. The van der Waals surface area contributed by atoms with Gasteiger partial charge in [0.05, 0.1) is 24.3 Å². The molecule has 0 saturated heterocycles. The topological polar surface area (TPSA) is 73.9 Å². The van der Waals surface area contributed by atoms with E-state index in [2.05, 4.69) is 5.32 Å². The van der Waals surface area contributed by atoms with Gasteiger partial charge in [-0.15, -0.1) is 0 Å². The van der Waals surface area contributed by atoms with Crippen LogP contribution in [0.25, 0.3) is 0 Å². The Morgan fingerprint density at radius 1 is 1.18 bits per heavy atom. The van der Waals surface area contributed by atoms with Crippen molar-refractivity contribution < 1.29 is 28.2 Å². The largest absolute Gasteiger partial charge is 0.493 e. The molecule has 6 nitrogen and oxygen atoms in total. The van der Waals surface area contributed by atoms with Gasteiger partial charge in [0.15, 0.2) is 18.1 Å². The number of carbonyl (C=O) groups excluding carboxylic acids is 2. The average molecular weight is 410 g/mol.